The molecule has 1 N–H and O–H groups in total. The molecule has 3 heterocycles. The Kier molecular flexibility index (Phi) is 6.71. The summed E-state index contributed by atoms with van der Waals surface area (Å²) >= 11 is 1.50. The zero-order chi connectivity index (χ0) is 21.6. The van der Waals surface area contributed by atoms with Gasteiger partial charge in [0.15, 0.2) is 0 Å². The van der Waals surface area contributed by atoms with Crippen LogP contribution in [0.15, 0.2) is 42.5 Å². The number of nitrogens with zero attached hydrogens (tertiary/aromatic N) is 4. The van der Waals surface area contributed by atoms with E-state index >= 15 is 0 Å². The highest BCUT2D eigenvalue weighted by atomic mass is 32.1. The molecule has 9 heteroatoms. The topological polar surface area (TPSA) is 80.2 Å². The molecule has 3 aromatic rings. The van der Waals surface area contributed by atoms with Crippen LogP contribution in [-0.2, 0) is 11.2 Å². The molecule has 1 saturated heterocycles. The van der Waals surface area contributed by atoms with Crippen LogP contribution in [0.3, 0.4) is 0 Å². The van der Waals surface area contributed by atoms with Crippen LogP contribution in [0.25, 0.3) is 0 Å². The average Bonchev–Trinajstić information content (AvgIpc) is 3.43. The van der Waals surface area contributed by atoms with Crippen LogP contribution in [0, 0.1) is 5.82 Å². The molecule has 1 amide bonds. The van der Waals surface area contributed by atoms with Gasteiger partial charge in [0.2, 0.25) is 11.0 Å². The van der Waals surface area contributed by atoms with Crippen LogP contribution in [0.1, 0.15) is 42.9 Å². The average molecular weight is 442 g/mol. The summed E-state index contributed by atoms with van der Waals surface area (Å²) in [5, 5.41) is 13.1. The number of nitrogens with one attached hydrogen (secondary N) is 1. The quantitative estimate of drug-likeness (QED) is 0.554. The predicted molar refractivity (Wildman–Crippen MR) is 117 cm³/mol. The van der Waals surface area contributed by atoms with Crippen molar-refractivity contribution in [2.45, 2.75) is 38.6 Å². The fraction of sp³-hybridized carbons (Fsp3) is 0.364. The second-order valence-electron chi connectivity index (χ2n) is 7.23. The van der Waals surface area contributed by atoms with Gasteiger partial charge in [-0.25, -0.2) is 9.37 Å². The molecule has 2 aromatic heterocycles. The van der Waals surface area contributed by atoms with E-state index in [1.165, 1.54) is 23.5 Å². The van der Waals surface area contributed by atoms with Crippen molar-refractivity contribution in [2.75, 3.05) is 18.5 Å². The minimum absolute atomic E-state index is 0.00998. The number of halogens is 1. The van der Waals surface area contributed by atoms with E-state index in [0.717, 1.165) is 30.0 Å². The van der Waals surface area contributed by atoms with Crippen molar-refractivity contribution >= 4 is 28.2 Å². The summed E-state index contributed by atoms with van der Waals surface area (Å²) in [5.41, 5.74) is 0.849. The van der Waals surface area contributed by atoms with Crippen LogP contribution < -0.4 is 10.1 Å². The maximum atomic E-state index is 13.3. The summed E-state index contributed by atoms with van der Waals surface area (Å²) in [5.74, 6) is 0.761. The fourth-order valence-corrected chi connectivity index (χ4v) is 4.28. The third kappa shape index (κ3) is 5.35. The van der Waals surface area contributed by atoms with E-state index in [0.29, 0.717) is 23.2 Å². The Morgan fingerprint density at radius 1 is 1.29 bits per heavy atom. The molecule has 1 aliphatic rings. The van der Waals surface area contributed by atoms with Crippen LogP contribution in [0.4, 0.5) is 15.3 Å². The van der Waals surface area contributed by atoms with Crippen molar-refractivity contribution in [2.24, 2.45) is 0 Å². The molecule has 1 atom stereocenters. The van der Waals surface area contributed by atoms with Crippen LogP contribution in [0.5, 0.6) is 5.75 Å². The Bertz CT molecular complexity index is 1040. The Balaban J connectivity index is 1.37. The molecule has 7 nitrogen and oxygen atoms in total. The first kappa shape index (κ1) is 21.2. The maximum Gasteiger partial charge on any atom is 0.226 e. The molecule has 0 spiro atoms. The van der Waals surface area contributed by atoms with Crippen LogP contribution >= 0.6 is 11.3 Å². The molecule has 0 bridgehead atoms. The number of aromatic nitrogens is 3. The highest BCUT2D eigenvalue weighted by Gasteiger charge is 2.30. The molecule has 1 aromatic carbocycles. The third-order valence-corrected chi connectivity index (χ3v) is 6.05. The van der Waals surface area contributed by atoms with E-state index in [2.05, 4.69) is 15.5 Å². The molecular formula is C22H24FN5O2S. The second kappa shape index (κ2) is 9.82. The van der Waals surface area contributed by atoms with Crippen molar-refractivity contribution in [3.63, 3.8) is 0 Å². The highest BCUT2D eigenvalue weighted by Crippen LogP contribution is 2.32. The minimum atomic E-state index is -0.359. The van der Waals surface area contributed by atoms with E-state index in [9.17, 15) is 9.18 Å². The third-order valence-electron chi connectivity index (χ3n) is 5.07. The lowest BCUT2D eigenvalue weighted by atomic mass is 10.1. The van der Waals surface area contributed by atoms with Crippen LogP contribution in [0.2, 0.25) is 0 Å². The van der Waals surface area contributed by atoms with Crippen molar-refractivity contribution < 1.29 is 13.9 Å². The van der Waals surface area contributed by atoms with Gasteiger partial charge in [-0.1, -0.05) is 30.4 Å². The number of hydrogen-bond donors (Lipinski definition) is 1. The zero-order valence-corrected chi connectivity index (χ0v) is 18.1. The molecule has 0 saturated carbocycles. The van der Waals surface area contributed by atoms with Crippen molar-refractivity contribution in [3.05, 3.63) is 59.0 Å². The number of benzene rings is 1. The summed E-state index contributed by atoms with van der Waals surface area (Å²) in [6.07, 6.45) is 2.87. The van der Waals surface area contributed by atoms with Gasteiger partial charge in [0.1, 0.15) is 22.4 Å². The largest absolute Gasteiger partial charge is 0.493 e. The van der Waals surface area contributed by atoms with Gasteiger partial charge in [-0.05, 0) is 43.5 Å². The zero-order valence-electron chi connectivity index (χ0n) is 17.3. The Morgan fingerprint density at radius 2 is 2.16 bits per heavy atom. The number of carbonyl (C=O) groups is 1. The number of pyridine rings is 1. The predicted octanol–water partition coefficient (Wildman–Crippen LogP) is 4.51. The molecule has 0 unspecified atom stereocenters. The summed E-state index contributed by atoms with van der Waals surface area (Å²) in [4.78, 5) is 19.4. The van der Waals surface area contributed by atoms with Gasteiger partial charge in [0.25, 0.3) is 0 Å². The number of aryl methyl sites for hydroxylation is 1. The maximum absolute atomic E-state index is 13.3. The van der Waals surface area contributed by atoms with Gasteiger partial charge in [0.05, 0.1) is 24.8 Å². The number of ether oxygens (including phenoxy) is 1. The number of hydrogen-bond acceptors (Lipinski definition) is 7. The number of anilines is 2. The number of rotatable bonds is 8. The number of likely N-dealkylation sites (tertiary alicyclic amines) is 1. The van der Waals surface area contributed by atoms with E-state index in [-0.39, 0.29) is 30.8 Å². The van der Waals surface area contributed by atoms with Crippen LogP contribution in [-0.4, -0.2) is 39.1 Å². The minimum Gasteiger partial charge on any atom is -0.493 e. The van der Waals surface area contributed by atoms with Gasteiger partial charge >= 0.3 is 0 Å². The summed E-state index contributed by atoms with van der Waals surface area (Å²) < 4.78 is 18.8. The lowest BCUT2D eigenvalue weighted by molar-refractivity contribution is -0.132. The second-order valence-corrected chi connectivity index (χ2v) is 8.29. The monoisotopic (exact) mass is 441 g/mol. The van der Waals surface area contributed by atoms with E-state index in [1.807, 2.05) is 30.0 Å². The Labute approximate surface area is 184 Å². The van der Waals surface area contributed by atoms with E-state index in [1.54, 1.807) is 12.1 Å². The van der Waals surface area contributed by atoms with Gasteiger partial charge in [-0.15, -0.1) is 10.2 Å². The van der Waals surface area contributed by atoms with Gasteiger partial charge in [-0.2, -0.15) is 0 Å². The van der Waals surface area contributed by atoms with Gasteiger partial charge < -0.3 is 15.0 Å². The lowest BCUT2D eigenvalue weighted by Crippen LogP contribution is -2.32. The Hall–Kier alpha value is -3.07. The summed E-state index contributed by atoms with van der Waals surface area (Å²) in [7, 11) is 0. The molecule has 162 valence electrons. The fourth-order valence-electron chi connectivity index (χ4n) is 3.59. The SMILES string of the molecule is CCc1nnc(Nc2cccc([C@H]3CCCN3C(=O)CCOc3cccc(F)c3)n2)s1. The van der Waals surface area contributed by atoms with E-state index in [4.69, 9.17) is 9.72 Å². The molecule has 31 heavy (non-hydrogen) atoms. The first-order valence-corrected chi connectivity index (χ1v) is 11.2. The van der Waals surface area contributed by atoms with E-state index < -0.39 is 0 Å². The molecule has 1 fully saturated rings. The first-order chi connectivity index (χ1) is 15.1. The normalized spacial score (nSPS) is 15.8. The van der Waals surface area contributed by atoms with Crippen molar-refractivity contribution in [1.82, 2.24) is 20.1 Å². The Morgan fingerprint density at radius 3 is 2.97 bits per heavy atom. The summed E-state index contributed by atoms with van der Waals surface area (Å²) in [6.45, 7) is 2.94. The number of amides is 1. The molecule has 0 radical (unpaired) electrons. The molecule has 4 rings (SSSR count). The van der Waals surface area contributed by atoms with Crippen molar-refractivity contribution in [3.8, 4) is 5.75 Å². The molecular weight excluding hydrogens is 417 g/mol. The van der Waals surface area contributed by atoms with Gasteiger partial charge in [0, 0.05) is 12.6 Å². The lowest BCUT2D eigenvalue weighted by Gasteiger charge is -2.24. The smallest absolute Gasteiger partial charge is 0.226 e. The standard InChI is InChI=1S/C22H24FN5O2S/c1-2-20-26-27-22(31-20)25-19-10-4-8-17(24-19)18-9-5-12-28(18)21(29)11-13-30-16-7-3-6-15(23)14-16/h3-4,6-8,10,14,18H,2,5,9,11-13H2,1H3,(H,24,25,27)/t18-/m1/s1. The van der Waals surface area contributed by atoms with Gasteiger partial charge in [-0.3, -0.25) is 4.79 Å². The van der Waals surface area contributed by atoms with Crippen molar-refractivity contribution in [1.29, 1.82) is 0 Å². The molecule has 1 aliphatic heterocycles. The summed E-state index contributed by atoms with van der Waals surface area (Å²) in [6, 6.07) is 11.6. The molecule has 0 aliphatic carbocycles. The number of carbonyl (C=O) groups excluding carboxylic acids is 1. The highest BCUT2D eigenvalue weighted by molar-refractivity contribution is 7.15. The first-order valence-electron chi connectivity index (χ1n) is 10.4.